The second-order valence-corrected chi connectivity index (χ2v) is 2.92. The van der Waals surface area contributed by atoms with Crippen molar-refractivity contribution in [3.8, 4) is 6.07 Å². The Labute approximate surface area is 64.1 Å². The first kappa shape index (κ1) is 7.10. The number of nitrogens with zero attached hydrogens (tertiary/aromatic N) is 1. The summed E-state index contributed by atoms with van der Waals surface area (Å²) in [6, 6.07) is 5.91. The highest BCUT2D eigenvalue weighted by molar-refractivity contribution is 7.14. The Balaban J connectivity index is 2.50. The van der Waals surface area contributed by atoms with Crippen LogP contribution in [0.4, 0.5) is 5.00 Å². The van der Waals surface area contributed by atoms with Crippen LogP contribution in [0.2, 0.25) is 0 Å². The topological polar surface area (TPSA) is 35.8 Å². The third-order valence-electron chi connectivity index (χ3n) is 1.07. The minimum absolute atomic E-state index is 0.0985. The second kappa shape index (κ2) is 3.23. The van der Waals surface area contributed by atoms with E-state index in [2.05, 4.69) is 11.4 Å². The minimum atomic E-state index is -0.0985. The molecule has 0 aliphatic heterocycles. The third-order valence-corrected chi connectivity index (χ3v) is 1.87. The Morgan fingerprint density at radius 1 is 1.80 bits per heavy atom. The first-order chi connectivity index (χ1) is 4.83. The molecule has 0 saturated heterocycles. The lowest BCUT2D eigenvalue weighted by Gasteiger charge is -2.02. The van der Waals surface area contributed by atoms with Gasteiger partial charge in [-0.1, -0.05) is 0 Å². The molecule has 0 radical (unpaired) electrons. The Morgan fingerprint density at radius 3 is 3.10 bits per heavy atom. The molecule has 1 rings (SSSR count). The maximum Gasteiger partial charge on any atom is 0.112 e. The molecule has 1 aromatic rings. The number of hydrogen-bond donors (Lipinski definition) is 1. The van der Waals surface area contributed by atoms with Gasteiger partial charge in [-0.2, -0.15) is 5.26 Å². The molecule has 1 atom stereocenters. The Hall–Kier alpha value is -1.01. The molecule has 0 aliphatic carbocycles. The van der Waals surface area contributed by atoms with Gasteiger partial charge < -0.3 is 5.32 Å². The largest absolute Gasteiger partial charge is 0.362 e. The summed E-state index contributed by atoms with van der Waals surface area (Å²) < 4.78 is 0. The summed E-state index contributed by atoms with van der Waals surface area (Å²) in [6.45, 7) is 1.83. The summed E-state index contributed by atoms with van der Waals surface area (Å²) >= 11 is 1.60. The smallest absolute Gasteiger partial charge is 0.112 e. The molecule has 3 heteroatoms. The normalized spacial score (nSPS) is 12.0. The van der Waals surface area contributed by atoms with Gasteiger partial charge in [0.2, 0.25) is 0 Å². The van der Waals surface area contributed by atoms with E-state index in [0.29, 0.717) is 0 Å². The van der Waals surface area contributed by atoms with Crippen LogP contribution >= 0.6 is 11.3 Å². The van der Waals surface area contributed by atoms with Gasteiger partial charge in [0.05, 0.1) is 11.1 Å². The van der Waals surface area contributed by atoms with Crippen molar-refractivity contribution in [1.82, 2.24) is 0 Å². The zero-order valence-electron chi connectivity index (χ0n) is 5.66. The first-order valence-corrected chi connectivity index (χ1v) is 3.90. The van der Waals surface area contributed by atoms with Gasteiger partial charge in [-0.05, 0) is 24.4 Å². The molecule has 1 aromatic heterocycles. The van der Waals surface area contributed by atoms with Gasteiger partial charge in [-0.25, -0.2) is 0 Å². The monoisotopic (exact) mass is 152 g/mol. The third kappa shape index (κ3) is 1.74. The molecule has 0 aromatic carbocycles. The quantitative estimate of drug-likeness (QED) is 0.704. The van der Waals surface area contributed by atoms with Crippen molar-refractivity contribution in [1.29, 1.82) is 5.26 Å². The summed E-state index contributed by atoms with van der Waals surface area (Å²) in [4.78, 5) is 0. The maximum absolute atomic E-state index is 8.43. The minimum Gasteiger partial charge on any atom is -0.362 e. The molecular formula is C7H8N2S. The van der Waals surface area contributed by atoms with E-state index in [1.807, 2.05) is 24.4 Å². The van der Waals surface area contributed by atoms with E-state index < -0.39 is 0 Å². The standard InChI is InChI=1S/C7H8N2S/c1-6(5-8)9-7-3-2-4-10-7/h2-4,6,9H,1H3. The van der Waals surface area contributed by atoms with E-state index in [1.165, 1.54) is 0 Å². The van der Waals surface area contributed by atoms with Crippen LogP contribution in [0.3, 0.4) is 0 Å². The van der Waals surface area contributed by atoms with Crippen LogP contribution in [0.15, 0.2) is 17.5 Å². The Kier molecular flexibility index (Phi) is 2.30. The van der Waals surface area contributed by atoms with E-state index >= 15 is 0 Å². The predicted octanol–water partition coefficient (Wildman–Crippen LogP) is 2.07. The average Bonchev–Trinajstić information content (AvgIpc) is 2.40. The summed E-state index contributed by atoms with van der Waals surface area (Å²) in [5.41, 5.74) is 0. The summed E-state index contributed by atoms with van der Waals surface area (Å²) in [5, 5.41) is 14.5. The maximum atomic E-state index is 8.43. The molecule has 1 unspecified atom stereocenters. The predicted molar refractivity (Wildman–Crippen MR) is 43.0 cm³/mol. The van der Waals surface area contributed by atoms with Crippen molar-refractivity contribution < 1.29 is 0 Å². The van der Waals surface area contributed by atoms with Gasteiger partial charge in [0.25, 0.3) is 0 Å². The van der Waals surface area contributed by atoms with E-state index in [0.717, 1.165) is 5.00 Å². The molecule has 0 saturated carbocycles. The average molecular weight is 152 g/mol. The molecule has 10 heavy (non-hydrogen) atoms. The van der Waals surface area contributed by atoms with E-state index in [9.17, 15) is 0 Å². The second-order valence-electron chi connectivity index (χ2n) is 1.97. The molecule has 1 N–H and O–H groups in total. The number of nitrogens with one attached hydrogen (secondary N) is 1. The lowest BCUT2D eigenvalue weighted by atomic mass is 10.4. The highest BCUT2D eigenvalue weighted by atomic mass is 32.1. The van der Waals surface area contributed by atoms with E-state index in [4.69, 9.17) is 5.26 Å². The van der Waals surface area contributed by atoms with Gasteiger partial charge in [0.15, 0.2) is 0 Å². The van der Waals surface area contributed by atoms with E-state index in [1.54, 1.807) is 11.3 Å². The summed E-state index contributed by atoms with van der Waals surface area (Å²) in [7, 11) is 0. The first-order valence-electron chi connectivity index (χ1n) is 3.02. The fourth-order valence-electron chi connectivity index (χ4n) is 0.606. The number of nitriles is 1. The van der Waals surface area contributed by atoms with Gasteiger partial charge in [0, 0.05) is 0 Å². The molecule has 0 bridgehead atoms. The van der Waals surface area contributed by atoms with Crippen molar-refractivity contribution in [2.45, 2.75) is 13.0 Å². The van der Waals surface area contributed by atoms with Crippen molar-refractivity contribution in [3.63, 3.8) is 0 Å². The highest BCUT2D eigenvalue weighted by Gasteiger charge is 1.97. The zero-order valence-corrected chi connectivity index (χ0v) is 6.48. The molecule has 52 valence electrons. The van der Waals surface area contributed by atoms with Crippen molar-refractivity contribution >= 4 is 16.3 Å². The Bertz CT molecular complexity index is 222. The lowest BCUT2D eigenvalue weighted by Crippen LogP contribution is -2.10. The molecule has 2 nitrogen and oxygen atoms in total. The molecule has 1 heterocycles. The summed E-state index contributed by atoms with van der Waals surface area (Å²) in [5.74, 6) is 0. The number of anilines is 1. The van der Waals surface area contributed by atoms with Crippen LogP contribution in [-0.2, 0) is 0 Å². The van der Waals surface area contributed by atoms with Crippen molar-refractivity contribution in [3.05, 3.63) is 17.5 Å². The van der Waals surface area contributed by atoms with E-state index in [-0.39, 0.29) is 6.04 Å². The lowest BCUT2D eigenvalue weighted by molar-refractivity contribution is 1.02. The van der Waals surface area contributed by atoms with Crippen LogP contribution in [-0.4, -0.2) is 6.04 Å². The van der Waals surface area contributed by atoms with Crippen molar-refractivity contribution in [2.24, 2.45) is 0 Å². The fraction of sp³-hybridized carbons (Fsp3) is 0.286. The van der Waals surface area contributed by atoms with Crippen LogP contribution in [0.25, 0.3) is 0 Å². The van der Waals surface area contributed by atoms with Gasteiger partial charge >= 0.3 is 0 Å². The summed E-state index contributed by atoms with van der Waals surface area (Å²) in [6.07, 6.45) is 0. The molecule has 0 amide bonds. The number of rotatable bonds is 2. The SMILES string of the molecule is CC(C#N)Nc1cccs1. The van der Waals surface area contributed by atoms with Crippen LogP contribution in [0.1, 0.15) is 6.92 Å². The highest BCUT2D eigenvalue weighted by Crippen LogP contribution is 2.15. The number of hydrogen-bond acceptors (Lipinski definition) is 3. The van der Waals surface area contributed by atoms with Crippen molar-refractivity contribution in [2.75, 3.05) is 5.32 Å². The van der Waals surface area contributed by atoms with Gasteiger partial charge in [0.1, 0.15) is 6.04 Å². The zero-order chi connectivity index (χ0) is 7.40. The molecule has 0 spiro atoms. The van der Waals surface area contributed by atoms with Gasteiger partial charge in [-0.15, -0.1) is 11.3 Å². The fourth-order valence-corrected chi connectivity index (χ4v) is 1.31. The Morgan fingerprint density at radius 2 is 2.60 bits per heavy atom. The number of thiophene rings is 1. The van der Waals surface area contributed by atoms with Gasteiger partial charge in [-0.3, -0.25) is 0 Å². The van der Waals surface area contributed by atoms with Crippen LogP contribution in [0.5, 0.6) is 0 Å². The molecular weight excluding hydrogens is 144 g/mol. The molecule has 0 aliphatic rings. The van der Waals surface area contributed by atoms with Crippen LogP contribution in [0, 0.1) is 11.3 Å². The van der Waals surface area contributed by atoms with Crippen LogP contribution < -0.4 is 5.32 Å². The molecule has 0 fully saturated rings.